The lowest BCUT2D eigenvalue weighted by Crippen LogP contribution is -2.27. The lowest BCUT2D eigenvalue weighted by atomic mass is 10.0. The molecule has 1 aromatic carbocycles. The second-order valence-corrected chi connectivity index (χ2v) is 5.88. The van der Waals surface area contributed by atoms with Gasteiger partial charge in [-0.2, -0.15) is 0 Å². The molecule has 2 N–H and O–H groups in total. The van der Waals surface area contributed by atoms with Crippen LogP contribution in [0, 0.1) is 0 Å². The number of aliphatic hydroxyl groups excluding tert-OH is 1. The average Bonchev–Trinajstić information content (AvgIpc) is 2.43. The lowest BCUT2D eigenvalue weighted by Gasteiger charge is -2.27. The number of aliphatic hydroxyl groups is 1. The molecule has 4 heteroatoms. The Morgan fingerprint density at radius 2 is 2.11 bits per heavy atom. The van der Waals surface area contributed by atoms with Gasteiger partial charge in [-0.1, -0.05) is 28.8 Å². The number of fused-ring (bicyclic) bond motifs is 1. The third kappa shape index (κ3) is 4.48. The summed E-state index contributed by atoms with van der Waals surface area (Å²) in [5.74, 6) is 1.01. The zero-order chi connectivity index (χ0) is 13.5. The van der Waals surface area contributed by atoms with Crippen LogP contribution in [0.2, 0.25) is 0 Å². The average molecular weight is 328 g/mol. The fourth-order valence-corrected chi connectivity index (χ4v) is 2.82. The van der Waals surface area contributed by atoms with Gasteiger partial charge in [0.05, 0.1) is 6.61 Å². The zero-order valence-corrected chi connectivity index (χ0v) is 12.8. The van der Waals surface area contributed by atoms with E-state index < -0.39 is 0 Å². The molecule has 1 aliphatic rings. The summed E-state index contributed by atoms with van der Waals surface area (Å²) in [4.78, 5) is 0. The van der Waals surface area contributed by atoms with Gasteiger partial charge in [-0.3, -0.25) is 0 Å². The Bertz CT molecular complexity index is 398. The molecule has 0 saturated heterocycles. The number of unbranched alkanes of at least 4 members (excludes halogenated alkanes) is 3. The highest BCUT2D eigenvalue weighted by atomic mass is 79.9. The van der Waals surface area contributed by atoms with Crippen LogP contribution in [0.5, 0.6) is 5.75 Å². The Morgan fingerprint density at radius 3 is 2.95 bits per heavy atom. The summed E-state index contributed by atoms with van der Waals surface area (Å²) in [6.45, 7) is 2.13. The molecule has 0 spiro atoms. The summed E-state index contributed by atoms with van der Waals surface area (Å²) in [6, 6.07) is 6.61. The van der Waals surface area contributed by atoms with E-state index in [4.69, 9.17) is 9.84 Å². The van der Waals surface area contributed by atoms with Crippen molar-refractivity contribution in [1.29, 1.82) is 0 Å². The van der Waals surface area contributed by atoms with E-state index in [-0.39, 0.29) is 0 Å². The highest BCUT2D eigenvalue weighted by Gasteiger charge is 2.20. The smallest absolute Gasteiger partial charge is 0.124 e. The normalized spacial score (nSPS) is 17.9. The molecule has 19 heavy (non-hydrogen) atoms. The van der Waals surface area contributed by atoms with Gasteiger partial charge in [-0.25, -0.2) is 0 Å². The predicted octanol–water partition coefficient (Wildman–Crippen LogP) is 3.42. The molecule has 1 heterocycles. The van der Waals surface area contributed by atoms with Crippen LogP contribution in [0.3, 0.4) is 0 Å². The minimum atomic E-state index is 0.314. The summed E-state index contributed by atoms with van der Waals surface area (Å²) < 4.78 is 6.78. The SMILES string of the molecule is OCCCCCCNC1CCOc2ccc(Br)cc21. The first kappa shape index (κ1) is 14.8. The number of hydrogen-bond acceptors (Lipinski definition) is 3. The maximum atomic E-state index is 8.73. The van der Waals surface area contributed by atoms with E-state index in [1.54, 1.807) is 0 Å². The second kappa shape index (κ2) is 7.88. The Hall–Kier alpha value is -0.580. The summed E-state index contributed by atoms with van der Waals surface area (Å²) in [5.41, 5.74) is 1.26. The van der Waals surface area contributed by atoms with Gasteiger partial charge in [-0.05, 0) is 37.6 Å². The first-order chi connectivity index (χ1) is 9.31. The van der Waals surface area contributed by atoms with Gasteiger partial charge >= 0.3 is 0 Å². The van der Waals surface area contributed by atoms with E-state index in [0.29, 0.717) is 12.6 Å². The Balaban J connectivity index is 1.80. The summed E-state index contributed by atoms with van der Waals surface area (Å²) >= 11 is 3.52. The van der Waals surface area contributed by atoms with Gasteiger partial charge < -0.3 is 15.2 Å². The molecule has 1 aliphatic heterocycles. The molecule has 0 amide bonds. The van der Waals surface area contributed by atoms with Crippen molar-refractivity contribution in [3.05, 3.63) is 28.2 Å². The highest BCUT2D eigenvalue weighted by Crippen LogP contribution is 2.33. The third-order valence-electron chi connectivity index (χ3n) is 3.49. The maximum Gasteiger partial charge on any atom is 0.124 e. The molecule has 1 unspecified atom stereocenters. The number of halogens is 1. The fraction of sp³-hybridized carbons (Fsp3) is 0.600. The topological polar surface area (TPSA) is 41.5 Å². The number of nitrogens with one attached hydrogen (secondary N) is 1. The molecular formula is C15H22BrNO2. The number of ether oxygens (including phenoxy) is 1. The van der Waals surface area contributed by atoms with Gasteiger partial charge in [0.2, 0.25) is 0 Å². The lowest BCUT2D eigenvalue weighted by molar-refractivity contribution is 0.251. The van der Waals surface area contributed by atoms with Crippen molar-refractivity contribution >= 4 is 15.9 Å². The van der Waals surface area contributed by atoms with Crippen LogP contribution in [0.4, 0.5) is 0 Å². The van der Waals surface area contributed by atoms with Crippen molar-refractivity contribution < 1.29 is 9.84 Å². The van der Waals surface area contributed by atoms with Crippen LogP contribution >= 0.6 is 15.9 Å². The molecule has 0 aromatic heterocycles. The van der Waals surface area contributed by atoms with Crippen LogP contribution in [0.25, 0.3) is 0 Å². The van der Waals surface area contributed by atoms with Crippen LogP contribution in [-0.2, 0) is 0 Å². The third-order valence-corrected chi connectivity index (χ3v) is 3.98. The molecule has 2 rings (SSSR count). The molecule has 0 fully saturated rings. The monoisotopic (exact) mass is 327 g/mol. The quantitative estimate of drug-likeness (QED) is 0.754. The van der Waals surface area contributed by atoms with E-state index in [2.05, 4.69) is 27.3 Å². The van der Waals surface area contributed by atoms with E-state index in [0.717, 1.165) is 42.6 Å². The highest BCUT2D eigenvalue weighted by molar-refractivity contribution is 9.10. The maximum absolute atomic E-state index is 8.73. The Morgan fingerprint density at radius 1 is 1.26 bits per heavy atom. The molecule has 0 aliphatic carbocycles. The Labute approximate surface area is 123 Å². The van der Waals surface area contributed by atoms with Crippen LogP contribution in [0.15, 0.2) is 22.7 Å². The van der Waals surface area contributed by atoms with Crippen molar-refractivity contribution in [2.75, 3.05) is 19.8 Å². The van der Waals surface area contributed by atoms with Crippen molar-refractivity contribution in [3.63, 3.8) is 0 Å². The van der Waals surface area contributed by atoms with Gasteiger partial charge in [0.1, 0.15) is 5.75 Å². The van der Waals surface area contributed by atoms with E-state index in [1.165, 1.54) is 18.4 Å². The van der Waals surface area contributed by atoms with Gasteiger partial charge in [0, 0.05) is 29.1 Å². The summed E-state index contributed by atoms with van der Waals surface area (Å²) in [6.07, 6.45) is 5.42. The molecular weight excluding hydrogens is 306 g/mol. The fourth-order valence-electron chi connectivity index (χ4n) is 2.44. The predicted molar refractivity (Wildman–Crippen MR) is 80.6 cm³/mol. The molecule has 1 atom stereocenters. The molecule has 0 bridgehead atoms. The molecule has 3 nitrogen and oxygen atoms in total. The minimum absolute atomic E-state index is 0.314. The minimum Gasteiger partial charge on any atom is -0.493 e. The molecule has 0 saturated carbocycles. The first-order valence-electron chi connectivity index (χ1n) is 7.08. The first-order valence-corrected chi connectivity index (χ1v) is 7.87. The molecule has 106 valence electrons. The Kier molecular flexibility index (Phi) is 6.14. The van der Waals surface area contributed by atoms with Crippen LogP contribution in [-0.4, -0.2) is 24.9 Å². The summed E-state index contributed by atoms with van der Waals surface area (Å²) in [7, 11) is 0. The van der Waals surface area contributed by atoms with Crippen molar-refractivity contribution in [1.82, 2.24) is 5.32 Å². The number of benzene rings is 1. The van der Waals surface area contributed by atoms with E-state index in [9.17, 15) is 0 Å². The van der Waals surface area contributed by atoms with Gasteiger partial charge in [0.25, 0.3) is 0 Å². The van der Waals surface area contributed by atoms with Crippen LogP contribution < -0.4 is 10.1 Å². The largest absolute Gasteiger partial charge is 0.493 e. The zero-order valence-electron chi connectivity index (χ0n) is 11.2. The van der Waals surface area contributed by atoms with Gasteiger partial charge in [-0.15, -0.1) is 0 Å². The van der Waals surface area contributed by atoms with Crippen LogP contribution in [0.1, 0.15) is 43.7 Å². The standard InChI is InChI=1S/C15H22BrNO2/c16-12-5-6-15-13(11-12)14(7-10-19-15)17-8-3-1-2-4-9-18/h5-6,11,14,17-18H,1-4,7-10H2. The van der Waals surface area contributed by atoms with E-state index >= 15 is 0 Å². The number of hydrogen-bond donors (Lipinski definition) is 2. The number of rotatable bonds is 7. The van der Waals surface area contributed by atoms with Gasteiger partial charge in [0.15, 0.2) is 0 Å². The van der Waals surface area contributed by atoms with E-state index in [1.807, 2.05) is 12.1 Å². The van der Waals surface area contributed by atoms with Crippen molar-refractivity contribution in [2.24, 2.45) is 0 Å². The summed E-state index contributed by atoms with van der Waals surface area (Å²) in [5, 5.41) is 12.3. The molecule has 0 radical (unpaired) electrons. The second-order valence-electron chi connectivity index (χ2n) is 4.96. The van der Waals surface area contributed by atoms with Crippen molar-refractivity contribution in [2.45, 2.75) is 38.1 Å². The van der Waals surface area contributed by atoms with Crippen molar-refractivity contribution in [3.8, 4) is 5.75 Å². The molecule has 1 aromatic rings.